The van der Waals surface area contributed by atoms with Crippen molar-refractivity contribution in [1.82, 2.24) is 16.0 Å². The monoisotopic (exact) mass is 342 g/mol. The van der Waals surface area contributed by atoms with Crippen LogP contribution in [0.15, 0.2) is 59.6 Å². The smallest absolute Gasteiger partial charge is 0.224 e. The van der Waals surface area contributed by atoms with Crippen molar-refractivity contribution in [3.63, 3.8) is 0 Å². The lowest BCUT2D eigenvalue weighted by Gasteiger charge is -2.12. The Morgan fingerprint density at radius 1 is 0.960 bits per heavy atom. The minimum Gasteiger partial charge on any atom is -0.355 e. The van der Waals surface area contributed by atoms with E-state index in [0.717, 1.165) is 5.56 Å². The lowest BCUT2D eigenvalue weighted by molar-refractivity contribution is -0.120. The summed E-state index contributed by atoms with van der Waals surface area (Å²) in [5, 5.41) is 9.13. The standard InChI is InChI=1S/C19H23FN4O/c1-21-19(24-14-15-6-3-2-4-7-15)23-11-10-22-18(25)13-16-8-5-9-17(20)12-16/h2-9,12H,10-11,13-14H2,1H3,(H,22,25)(H2,21,23,24). The van der Waals surface area contributed by atoms with Crippen molar-refractivity contribution in [1.29, 1.82) is 0 Å². The second-order valence-corrected chi connectivity index (χ2v) is 5.49. The van der Waals surface area contributed by atoms with E-state index in [-0.39, 0.29) is 18.1 Å². The van der Waals surface area contributed by atoms with Crippen LogP contribution in [0.25, 0.3) is 0 Å². The third kappa shape index (κ3) is 7.03. The summed E-state index contributed by atoms with van der Waals surface area (Å²) in [7, 11) is 1.70. The van der Waals surface area contributed by atoms with Gasteiger partial charge in [-0.05, 0) is 23.3 Å². The Morgan fingerprint density at radius 2 is 1.68 bits per heavy atom. The molecule has 5 nitrogen and oxygen atoms in total. The molecule has 132 valence electrons. The molecular formula is C19H23FN4O. The highest BCUT2D eigenvalue weighted by molar-refractivity contribution is 5.80. The molecule has 0 atom stereocenters. The topological polar surface area (TPSA) is 65.5 Å². The first-order valence-corrected chi connectivity index (χ1v) is 8.17. The van der Waals surface area contributed by atoms with Crippen LogP contribution >= 0.6 is 0 Å². The van der Waals surface area contributed by atoms with E-state index in [2.05, 4.69) is 20.9 Å². The molecule has 3 N–H and O–H groups in total. The fraction of sp³-hybridized carbons (Fsp3) is 0.263. The van der Waals surface area contributed by atoms with Gasteiger partial charge in [0.05, 0.1) is 6.42 Å². The second kappa shape index (κ2) is 10.1. The van der Waals surface area contributed by atoms with Gasteiger partial charge >= 0.3 is 0 Å². The zero-order valence-electron chi connectivity index (χ0n) is 14.3. The van der Waals surface area contributed by atoms with Crippen LogP contribution in [0, 0.1) is 5.82 Å². The number of guanidine groups is 1. The highest BCUT2D eigenvalue weighted by Gasteiger charge is 2.04. The molecule has 0 aliphatic carbocycles. The van der Waals surface area contributed by atoms with Crippen LogP contribution < -0.4 is 16.0 Å². The second-order valence-electron chi connectivity index (χ2n) is 5.49. The molecule has 0 heterocycles. The molecule has 0 unspecified atom stereocenters. The summed E-state index contributed by atoms with van der Waals surface area (Å²) in [5.74, 6) is 0.197. The lowest BCUT2D eigenvalue weighted by atomic mass is 10.1. The average Bonchev–Trinajstić information content (AvgIpc) is 2.62. The van der Waals surface area contributed by atoms with Gasteiger partial charge in [-0.3, -0.25) is 9.79 Å². The van der Waals surface area contributed by atoms with Crippen LogP contribution in [-0.2, 0) is 17.8 Å². The van der Waals surface area contributed by atoms with Gasteiger partial charge in [0.15, 0.2) is 5.96 Å². The zero-order chi connectivity index (χ0) is 17.9. The first-order valence-electron chi connectivity index (χ1n) is 8.17. The Balaban J connectivity index is 1.64. The van der Waals surface area contributed by atoms with Gasteiger partial charge < -0.3 is 16.0 Å². The molecule has 0 aliphatic heterocycles. The normalized spacial score (nSPS) is 11.0. The van der Waals surface area contributed by atoms with Crippen LogP contribution in [0.5, 0.6) is 0 Å². The largest absolute Gasteiger partial charge is 0.355 e. The average molecular weight is 342 g/mol. The number of nitrogens with one attached hydrogen (secondary N) is 3. The number of carbonyl (C=O) groups excluding carboxylic acids is 1. The molecular weight excluding hydrogens is 319 g/mol. The first-order chi connectivity index (χ1) is 12.2. The highest BCUT2D eigenvalue weighted by atomic mass is 19.1. The van der Waals surface area contributed by atoms with E-state index >= 15 is 0 Å². The van der Waals surface area contributed by atoms with Gasteiger partial charge in [0.25, 0.3) is 0 Å². The molecule has 0 saturated carbocycles. The number of hydrogen-bond acceptors (Lipinski definition) is 2. The molecule has 25 heavy (non-hydrogen) atoms. The Morgan fingerprint density at radius 3 is 2.40 bits per heavy atom. The summed E-state index contributed by atoms with van der Waals surface area (Å²) in [5.41, 5.74) is 1.82. The molecule has 2 rings (SSSR count). The maximum absolute atomic E-state index is 13.1. The van der Waals surface area contributed by atoms with Crippen LogP contribution in [0.4, 0.5) is 4.39 Å². The number of benzene rings is 2. The maximum Gasteiger partial charge on any atom is 0.224 e. The van der Waals surface area contributed by atoms with Crippen molar-refractivity contribution >= 4 is 11.9 Å². The minimum absolute atomic E-state index is 0.139. The van der Waals surface area contributed by atoms with E-state index in [1.165, 1.54) is 12.1 Å². The van der Waals surface area contributed by atoms with Gasteiger partial charge in [0.1, 0.15) is 5.82 Å². The molecule has 0 bridgehead atoms. The van der Waals surface area contributed by atoms with E-state index in [0.29, 0.717) is 31.2 Å². The Labute approximate surface area is 147 Å². The molecule has 0 aliphatic rings. The zero-order valence-corrected chi connectivity index (χ0v) is 14.3. The van der Waals surface area contributed by atoms with Gasteiger partial charge in [0.2, 0.25) is 5.91 Å². The van der Waals surface area contributed by atoms with Gasteiger partial charge in [-0.15, -0.1) is 0 Å². The Hall–Kier alpha value is -2.89. The summed E-state index contributed by atoms with van der Waals surface area (Å²) in [4.78, 5) is 16.0. The van der Waals surface area contributed by atoms with Crippen molar-refractivity contribution in [2.24, 2.45) is 4.99 Å². The lowest BCUT2D eigenvalue weighted by Crippen LogP contribution is -2.41. The van der Waals surface area contributed by atoms with Crippen molar-refractivity contribution < 1.29 is 9.18 Å². The van der Waals surface area contributed by atoms with E-state index in [1.807, 2.05) is 30.3 Å². The summed E-state index contributed by atoms with van der Waals surface area (Å²) >= 11 is 0. The fourth-order valence-electron chi connectivity index (χ4n) is 2.28. The van der Waals surface area contributed by atoms with E-state index in [9.17, 15) is 9.18 Å². The van der Waals surface area contributed by atoms with Gasteiger partial charge in [-0.25, -0.2) is 4.39 Å². The summed E-state index contributed by atoms with van der Waals surface area (Å²) < 4.78 is 13.1. The maximum atomic E-state index is 13.1. The number of halogens is 1. The van der Waals surface area contributed by atoms with Crippen LogP contribution in [-0.4, -0.2) is 32.0 Å². The third-order valence-corrected chi connectivity index (χ3v) is 3.52. The molecule has 0 fully saturated rings. The molecule has 0 aromatic heterocycles. The fourth-order valence-corrected chi connectivity index (χ4v) is 2.28. The quantitative estimate of drug-likeness (QED) is 0.409. The number of amides is 1. The van der Waals surface area contributed by atoms with Gasteiger partial charge in [-0.2, -0.15) is 0 Å². The van der Waals surface area contributed by atoms with E-state index < -0.39 is 0 Å². The molecule has 0 radical (unpaired) electrons. The Kier molecular flexibility index (Phi) is 7.43. The van der Waals surface area contributed by atoms with Crippen LogP contribution in [0.2, 0.25) is 0 Å². The molecule has 2 aromatic carbocycles. The van der Waals surface area contributed by atoms with Gasteiger partial charge in [0, 0.05) is 26.7 Å². The highest BCUT2D eigenvalue weighted by Crippen LogP contribution is 2.03. The molecule has 0 spiro atoms. The molecule has 1 amide bonds. The summed E-state index contributed by atoms with van der Waals surface area (Å²) in [6.45, 7) is 1.68. The summed E-state index contributed by atoms with van der Waals surface area (Å²) in [6.07, 6.45) is 0.165. The Bertz CT molecular complexity index is 704. The molecule has 0 saturated heterocycles. The predicted molar refractivity (Wildman–Crippen MR) is 97.8 cm³/mol. The number of hydrogen-bond donors (Lipinski definition) is 3. The first kappa shape index (κ1) is 18.4. The van der Waals surface area contributed by atoms with Crippen molar-refractivity contribution in [2.75, 3.05) is 20.1 Å². The van der Waals surface area contributed by atoms with Gasteiger partial charge in [-0.1, -0.05) is 42.5 Å². The van der Waals surface area contributed by atoms with Crippen LogP contribution in [0.1, 0.15) is 11.1 Å². The SMILES string of the molecule is CN=C(NCCNC(=O)Cc1cccc(F)c1)NCc1ccccc1. The summed E-state index contributed by atoms with van der Waals surface area (Å²) in [6, 6.07) is 16.1. The van der Waals surface area contributed by atoms with Crippen molar-refractivity contribution in [3.05, 3.63) is 71.5 Å². The number of rotatable bonds is 7. The molecule has 2 aromatic rings. The third-order valence-electron chi connectivity index (χ3n) is 3.52. The van der Waals surface area contributed by atoms with Crippen molar-refractivity contribution in [2.45, 2.75) is 13.0 Å². The number of nitrogens with zero attached hydrogens (tertiary/aromatic N) is 1. The van der Waals surface area contributed by atoms with Crippen LogP contribution in [0.3, 0.4) is 0 Å². The minimum atomic E-state index is -0.333. The predicted octanol–water partition coefficient (Wildman–Crippen LogP) is 1.85. The van der Waals surface area contributed by atoms with Crippen molar-refractivity contribution in [3.8, 4) is 0 Å². The number of aliphatic imine (C=N–C) groups is 1. The van der Waals surface area contributed by atoms with E-state index in [4.69, 9.17) is 0 Å². The number of carbonyl (C=O) groups is 1. The van der Waals surface area contributed by atoms with E-state index in [1.54, 1.807) is 19.2 Å². The molecule has 6 heteroatoms.